The zero-order chi connectivity index (χ0) is 14.6. The van der Waals surface area contributed by atoms with Crippen molar-refractivity contribution in [3.63, 3.8) is 0 Å². The van der Waals surface area contributed by atoms with E-state index >= 15 is 0 Å². The number of hydrogen-bond donors (Lipinski definition) is 2. The van der Waals surface area contributed by atoms with Crippen LogP contribution < -0.4 is 11.6 Å². The molecule has 1 aromatic carbocycles. The third-order valence-electron chi connectivity index (χ3n) is 4.02. The molecule has 0 bridgehead atoms. The van der Waals surface area contributed by atoms with Gasteiger partial charge in [0.15, 0.2) is 5.82 Å². The lowest BCUT2D eigenvalue weighted by molar-refractivity contribution is 0.855. The predicted molar refractivity (Wildman–Crippen MR) is 84.2 cm³/mol. The number of nitrogen functional groups attached to an aromatic ring is 2. The van der Waals surface area contributed by atoms with Gasteiger partial charge in [0.25, 0.3) is 0 Å². The highest BCUT2D eigenvalue weighted by Crippen LogP contribution is 2.41. The molecular weight excluding hydrogens is 262 g/mol. The molecule has 4 rings (SSSR count). The number of aryl methyl sites for hydroxylation is 1. The van der Waals surface area contributed by atoms with E-state index in [2.05, 4.69) is 22.1 Å². The van der Waals surface area contributed by atoms with Gasteiger partial charge >= 0.3 is 0 Å². The lowest BCUT2D eigenvalue weighted by Crippen LogP contribution is -2.14. The Morgan fingerprint density at radius 3 is 2.71 bits per heavy atom. The molecule has 0 saturated heterocycles. The molecule has 0 atom stereocenters. The number of anilines is 1. The van der Waals surface area contributed by atoms with Crippen LogP contribution in [0.3, 0.4) is 0 Å². The van der Waals surface area contributed by atoms with Gasteiger partial charge in [-0.05, 0) is 38.0 Å². The summed E-state index contributed by atoms with van der Waals surface area (Å²) in [4.78, 5) is 9.17. The molecule has 2 heterocycles. The maximum Gasteiger partial charge on any atom is 0.150 e. The first kappa shape index (κ1) is 12.2. The fourth-order valence-corrected chi connectivity index (χ4v) is 2.68. The van der Waals surface area contributed by atoms with Gasteiger partial charge < -0.3 is 11.6 Å². The van der Waals surface area contributed by atoms with Crippen molar-refractivity contribution in [1.82, 2.24) is 14.6 Å². The molecule has 2 aromatic heterocycles. The normalized spacial score (nSPS) is 14.7. The standard InChI is InChI=1S/C16H17N5/c1-9-2-3-11-8-12(6-7-13(11)19-9)14-15(17)21(18)16(20-14)10-4-5-10/h2-3,6-8,10H,4-5,17-18H2,1H3. The van der Waals surface area contributed by atoms with Crippen LogP contribution in [0.2, 0.25) is 0 Å². The van der Waals surface area contributed by atoms with Crippen molar-refractivity contribution >= 4 is 16.7 Å². The number of hydrogen-bond acceptors (Lipinski definition) is 4. The first-order chi connectivity index (χ1) is 10.1. The minimum Gasteiger partial charge on any atom is -0.382 e. The lowest BCUT2D eigenvalue weighted by Gasteiger charge is -2.03. The molecule has 0 radical (unpaired) electrons. The van der Waals surface area contributed by atoms with Crippen molar-refractivity contribution in [3.05, 3.63) is 41.9 Å². The largest absolute Gasteiger partial charge is 0.382 e. The Bertz CT molecular complexity index is 845. The number of nitrogens with two attached hydrogens (primary N) is 2. The van der Waals surface area contributed by atoms with Crippen LogP contribution in [0.4, 0.5) is 5.82 Å². The van der Waals surface area contributed by atoms with E-state index in [4.69, 9.17) is 11.6 Å². The summed E-state index contributed by atoms with van der Waals surface area (Å²) < 4.78 is 1.53. The number of aromatic nitrogens is 3. The summed E-state index contributed by atoms with van der Waals surface area (Å²) in [6.07, 6.45) is 2.29. The molecule has 4 N–H and O–H groups in total. The summed E-state index contributed by atoms with van der Waals surface area (Å²) in [5, 5.41) is 1.08. The maximum absolute atomic E-state index is 6.13. The molecule has 1 aliphatic carbocycles. The smallest absolute Gasteiger partial charge is 0.150 e. The second kappa shape index (κ2) is 4.22. The minimum absolute atomic E-state index is 0.468. The fourth-order valence-electron chi connectivity index (χ4n) is 2.68. The van der Waals surface area contributed by atoms with Crippen molar-refractivity contribution < 1.29 is 0 Å². The van der Waals surface area contributed by atoms with E-state index in [1.165, 1.54) is 4.68 Å². The van der Waals surface area contributed by atoms with Gasteiger partial charge in [0.05, 0.1) is 5.52 Å². The predicted octanol–water partition coefficient (Wildman–Crippen LogP) is 2.58. The Labute approximate surface area is 122 Å². The van der Waals surface area contributed by atoms with Crippen LogP contribution in [0.5, 0.6) is 0 Å². The third kappa shape index (κ3) is 1.93. The van der Waals surface area contributed by atoms with E-state index in [9.17, 15) is 0 Å². The van der Waals surface area contributed by atoms with Crippen LogP contribution in [0, 0.1) is 6.92 Å². The summed E-state index contributed by atoms with van der Waals surface area (Å²) in [6, 6.07) is 10.1. The molecule has 1 aliphatic rings. The average molecular weight is 279 g/mol. The van der Waals surface area contributed by atoms with E-state index in [-0.39, 0.29) is 0 Å². The molecule has 0 amide bonds. The second-order valence-electron chi connectivity index (χ2n) is 5.71. The van der Waals surface area contributed by atoms with Gasteiger partial charge in [0, 0.05) is 22.6 Å². The number of rotatable bonds is 2. The topological polar surface area (TPSA) is 82.8 Å². The molecule has 106 valence electrons. The highest BCUT2D eigenvalue weighted by atomic mass is 15.4. The third-order valence-corrected chi connectivity index (χ3v) is 4.02. The SMILES string of the molecule is Cc1ccc2cc(-c3nc(C4CC4)n(N)c3N)ccc2n1. The Hall–Kier alpha value is -2.56. The van der Waals surface area contributed by atoms with Gasteiger partial charge in [-0.15, -0.1) is 0 Å². The van der Waals surface area contributed by atoms with Crippen LogP contribution in [0.1, 0.15) is 30.3 Å². The summed E-state index contributed by atoms with van der Waals surface area (Å²) in [5.74, 6) is 7.92. The number of benzene rings is 1. The average Bonchev–Trinajstić information content (AvgIpc) is 3.27. The van der Waals surface area contributed by atoms with Gasteiger partial charge in [0.1, 0.15) is 11.5 Å². The molecule has 3 aromatic rings. The first-order valence-electron chi connectivity index (χ1n) is 7.14. The van der Waals surface area contributed by atoms with Crippen LogP contribution in [0.25, 0.3) is 22.2 Å². The number of imidazole rings is 1. The molecule has 1 saturated carbocycles. The van der Waals surface area contributed by atoms with Gasteiger partial charge in [0.2, 0.25) is 0 Å². The number of fused-ring (bicyclic) bond motifs is 1. The number of pyridine rings is 1. The van der Waals surface area contributed by atoms with Gasteiger partial charge in [-0.3, -0.25) is 4.98 Å². The minimum atomic E-state index is 0.468. The van der Waals surface area contributed by atoms with Crippen molar-refractivity contribution in [1.29, 1.82) is 0 Å². The molecular formula is C16H17N5. The monoisotopic (exact) mass is 279 g/mol. The highest BCUT2D eigenvalue weighted by Gasteiger charge is 2.30. The van der Waals surface area contributed by atoms with Crippen molar-refractivity contribution in [2.45, 2.75) is 25.7 Å². The zero-order valence-corrected chi connectivity index (χ0v) is 11.9. The molecule has 0 unspecified atom stereocenters. The van der Waals surface area contributed by atoms with Crippen molar-refractivity contribution in [3.8, 4) is 11.3 Å². The zero-order valence-electron chi connectivity index (χ0n) is 11.9. The summed E-state index contributed by atoms with van der Waals surface area (Å²) in [6.45, 7) is 1.99. The molecule has 21 heavy (non-hydrogen) atoms. The van der Waals surface area contributed by atoms with Crippen LogP contribution in [0.15, 0.2) is 30.3 Å². The van der Waals surface area contributed by atoms with Gasteiger partial charge in [-0.1, -0.05) is 12.1 Å². The first-order valence-corrected chi connectivity index (χ1v) is 7.14. The Morgan fingerprint density at radius 2 is 1.95 bits per heavy atom. The Balaban J connectivity index is 1.86. The van der Waals surface area contributed by atoms with Gasteiger partial charge in [-0.25, -0.2) is 9.66 Å². The molecule has 0 spiro atoms. The van der Waals surface area contributed by atoms with Crippen molar-refractivity contribution in [2.75, 3.05) is 11.6 Å². The Kier molecular flexibility index (Phi) is 2.45. The summed E-state index contributed by atoms with van der Waals surface area (Å²) in [7, 11) is 0. The van der Waals surface area contributed by atoms with Gasteiger partial charge in [-0.2, -0.15) is 0 Å². The van der Waals surface area contributed by atoms with E-state index in [0.29, 0.717) is 11.7 Å². The van der Waals surface area contributed by atoms with Crippen LogP contribution in [-0.4, -0.2) is 14.6 Å². The molecule has 1 fully saturated rings. The molecule has 5 heteroatoms. The molecule has 0 aliphatic heterocycles. The van der Waals surface area contributed by atoms with Crippen LogP contribution in [-0.2, 0) is 0 Å². The van der Waals surface area contributed by atoms with E-state index in [1.807, 2.05) is 25.1 Å². The van der Waals surface area contributed by atoms with E-state index < -0.39 is 0 Å². The number of nitrogens with zero attached hydrogens (tertiary/aromatic N) is 3. The quantitative estimate of drug-likeness (QED) is 0.706. The maximum atomic E-state index is 6.13. The second-order valence-corrected chi connectivity index (χ2v) is 5.71. The van der Waals surface area contributed by atoms with E-state index in [0.717, 1.165) is 46.5 Å². The van der Waals surface area contributed by atoms with Crippen molar-refractivity contribution in [2.24, 2.45) is 0 Å². The summed E-state index contributed by atoms with van der Waals surface area (Å²) in [5.41, 5.74) is 9.87. The highest BCUT2D eigenvalue weighted by molar-refractivity contribution is 5.85. The Morgan fingerprint density at radius 1 is 1.14 bits per heavy atom. The van der Waals surface area contributed by atoms with Crippen LogP contribution >= 0.6 is 0 Å². The lowest BCUT2D eigenvalue weighted by atomic mass is 10.1. The fraction of sp³-hybridized carbons (Fsp3) is 0.250. The molecule has 5 nitrogen and oxygen atoms in total. The van der Waals surface area contributed by atoms with E-state index in [1.54, 1.807) is 0 Å². The summed E-state index contributed by atoms with van der Waals surface area (Å²) >= 11 is 0.